The van der Waals surface area contributed by atoms with Crippen LogP contribution in [0.15, 0.2) is 15.7 Å². The smallest absolute Gasteiger partial charge is 0.223 e. The number of nitrogens with zero attached hydrogens (tertiary/aromatic N) is 2. The maximum Gasteiger partial charge on any atom is 0.223 e. The zero-order valence-electron chi connectivity index (χ0n) is 9.37. The topological polar surface area (TPSA) is 37.8 Å². The Kier molecular flexibility index (Phi) is 4.46. The van der Waals surface area contributed by atoms with Crippen molar-refractivity contribution in [3.05, 3.63) is 10.7 Å². The number of halogens is 1. The minimum Gasteiger partial charge on any atom is -0.354 e. The minimum absolute atomic E-state index is 0.728. The zero-order valence-corrected chi connectivity index (χ0v) is 11.8. The first-order chi connectivity index (χ1) is 7.79. The monoisotopic (exact) mass is 301 g/mol. The van der Waals surface area contributed by atoms with Gasteiger partial charge < -0.3 is 5.32 Å². The highest BCUT2D eigenvalue weighted by Gasteiger charge is 2.18. The second-order valence-corrected chi connectivity index (χ2v) is 6.04. The van der Waals surface area contributed by atoms with Crippen LogP contribution in [0.2, 0.25) is 0 Å². The van der Waals surface area contributed by atoms with Gasteiger partial charge in [-0.3, -0.25) is 0 Å². The summed E-state index contributed by atoms with van der Waals surface area (Å²) in [5, 5.41) is 4.95. The van der Waals surface area contributed by atoms with Gasteiger partial charge in [-0.1, -0.05) is 12.8 Å². The maximum absolute atomic E-state index is 4.52. The third kappa shape index (κ3) is 3.10. The van der Waals surface area contributed by atoms with Gasteiger partial charge in [-0.05, 0) is 35.7 Å². The molecular weight excluding hydrogens is 286 g/mol. The second-order valence-electron chi connectivity index (χ2n) is 3.90. The first-order valence-electron chi connectivity index (χ1n) is 5.72. The van der Waals surface area contributed by atoms with E-state index in [2.05, 4.69) is 38.1 Å². The van der Waals surface area contributed by atoms with Crippen molar-refractivity contribution in [2.75, 3.05) is 11.9 Å². The molecule has 88 valence electrons. The number of rotatable bonds is 4. The van der Waals surface area contributed by atoms with Gasteiger partial charge in [0, 0.05) is 18.0 Å². The second kappa shape index (κ2) is 5.87. The summed E-state index contributed by atoms with van der Waals surface area (Å²) in [7, 11) is 0. The van der Waals surface area contributed by atoms with Gasteiger partial charge >= 0.3 is 0 Å². The van der Waals surface area contributed by atoms with Crippen LogP contribution in [-0.4, -0.2) is 21.8 Å². The Morgan fingerprint density at radius 3 is 2.94 bits per heavy atom. The molecule has 1 heterocycles. The van der Waals surface area contributed by atoms with Gasteiger partial charge in [-0.15, -0.1) is 11.8 Å². The molecule has 0 atom stereocenters. The first-order valence-corrected chi connectivity index (χ1v) is 7.40. The molecule has 1 saturated carbocycles. The van der Waals surface area contributed by atoms with E-state index in [9.17, 15) is 0 Å². The van der Waals surface area contributed by atoms with Gasteiger partial charge in [0.2, 0.25) is 5.95 Å². The van der Waals surface area contributed by atoms with E-state index in [1.54, 1.807) is 0 Å². The van der Waals surface area contributed by atoms with Crippen LogP contribution >= 0.6 is 27.7 Å². The maximum atomic E-state index is 4.52. The van der Waals surface area contributed by atoms with Crippen molar-refractivity contribution >= 4 is 33.6 Å². The standard InChI is InChI=1S/C11H16BrN3S/c1-2-13-11-14-7-9(12)10(15-11)16-8-5-3-4-6-8/h7-8H,2-6H2,1H3,(H,13,14,15). The van der Waals surface area contributed by atoms with E-state index in [-0.39, 0.29) is 0 Å². The Morgan fingerprint density at radius 2 is 2.25 bits per heavy atom. The predicted octanol–water partition coefficient (Wildman–Crippen LogP) is 3.71. The highest BCUT2D eigenvalue weighted by atomic mass is 79.9. The van der Waals surface area contributed by atoms with Gasteiger partial charge in [0.05, 0.1) is 4.47 Å². The molecule has 0 unspecified atom stereocenters. The Bertz CT molecular complexity index is 353. The lowest BCUT2D eigenvalue weighted by atomic mass is 10.4. The van der Waals surface area contributed by atoms with Crippen LogP contribution in [0.1, 0.15) is 32.6 Å². The summed E-state index contributed by atoms with van der Waals surface area (Å²) < 4.78 is 1.01. The SMILES string of the molecule is CCNc1ncc(Br)c(SC2CCCC2)n1. The van der Waals surface area contributed by atoms with Gasteiger partial charge in [-0.2, -0.15) is 0 Å². The molecule has 0 saturated heterocycles. The van der Waals surface area contributed by atoms with E-state index >= 15 is 0 Å². The van der Waals surface area contributed by atoms with Crippen molar-refractivity contribution in [3.8, 4) is 0 Å². The lowest BCUT2D eigenvalue weighted by Crippen LogP contribution is -2.04. The summed E-state index contributed by atoms with van der Waals surface area (Å²) in [6, 6.07) is 0. The van der Waals surface area contributed by atoms with E-state index in [0.717, 1.165) is 27.2 Å². The van der Waals surface area contributed by atoms with Crippen LogP contribution in [0.4, 0.5) is 5.95 Å². The Morgan fingerprint density at radius 1 is 1.50 bits per heavy atom. The van der Waals surface area contributed by atoms with E-state index < -0.39 is 0 Å². The molecule has 0 spiro atoms. The summed E-state index contributed by atoms with van der Waals surface area (Å²) in [6.45, 7) is 2.91. The molecule has 3 nitrogen and oxygen atoms in total. The third-order valence-electron chi connectivity index (χ3n) is 2.63. The Balaban J connectivity index is 2.08. The molecule has 0 bridgehead atoms. The van der Waals surface area contributed by atoms with Crippen LogP contribution < -0.4 is 5.32 Å². The fourth-order valence-corrected chi connectivity index (χ4v) is 3.50. The molecular formula is C11H16BrN3S. The lowest BCUT2D eigenvalue weighted by molar-refractivity contribution is 0.886. The number of nitrogens with one attached hydrogen (secondary N) is 1. The van der Waals surface area contributed by atoms with Crippen molar-refractivity contribution in [1.82, 2.24) is 9.97 Å². The van der Waals surface area contributed by atoms with Crippen molar-refractivity contribution in [1.29, 1.82) is 0 Å². The fourth-order valence-electron chi connectivity index (χ4n) is 1.84. The lowest BCUT2D eigenvalue weighted by Gasteiger charge is -2.10. The summed E-state index contributed by atoms with van der Waals surface area (Å²) in [5.41, 5.74) is 0. The number of thioether (sulfide) groups is 1. The first kappa shape index (κ1) is 12.2. The largest absolute Gasteiger partial charge is 0.354 e. The number of hydrogen-bond donors (Lipinski definition) is 1. The van der Waals surface area contributed by atoms with Crippen molar-refractivity contribution < 1.29 is 0 Å². The molecule has 0 amide bonds. The van der Waals surface area contributed by atoms with Gasteiger partial charge in [-0.25, -0.2) is 9.97 Å². The molecule has 1 N–H and O–H groups in total. The van der Waals surface area contributed by atoms with Gasteiger partial charge in [0.25, 0.3) is 0 Å². The molecule has 16 heavy (non-hydrogen) atoms. The highest BCUT2D eigenvalue weighted by molar-refractivity contribution is 9.10. The Hall–Kier alpha value is -0.290. The molecule has 0 aliphatic heterocycles. The van der Waals surface area contributed by atoms with Crippen LogP contribution in [0.3, 0.4) is 0 Å². The summed E-state index contributed by atoms with van der Waals surface area (Å²) in [5.74, 6) is 0.728. The molecule has 1 aliphatic carbocycles. The zero-order chi connectivity index (χ0) is 11.4. The van der Waals surface area contributed by atoms with E-state index in [1.807, 2.05) is 18.0 Å². The normalized spacial score (nSPS) is 16.6. The molecule has 5 heteroatoms. The van der Waals surface area contributed by atoms with Crippen LogP contribution in [0, 0.1) is 0 Å². The van der Waals surface area contributed by atoms with Crippen molar-refractivity contribution in [2.45, 2.75) is 42.9 Å². The molecule has 1 aromatic rings. The average Bonchev–Trinajstić information content (AvgIpc) is 2.76. The predicted molar refractivity (Wildman–Crippen MR) is 72.0 cm³/mol. The van der Waals surface area contributed by atoms with Gasteiger partial charge in [0.15, 0.2) is 0 Å². The summed E-state index contributed by atoms with van der Waals surface area (Å²) >= 11 is 5.40. The molecule has 2 rings (SSSR count). The van der Waals surface area contributed by atoms with E-state index in [0.29, 0.717) is 0 Å². The molecule has 1 fully saturated rings. The van der Waals surface area contributed by atoms with E-state index in [4.69, 9.17) is 0 Å². The molecule has 1 aromatic heterocycles. The highest BCUT2D eigenvalue weighted by Crippen LogP contribution is 2.36. The average molecular weight is 302 g/mol. The van der Waals surface area contributed by atoms with Crippen LogP contribution in [0.5, 0.6) is 0 Å². The van der Waals surface area contributed by atoms with Crippen LogP contribution in [-0.2, 0) is 0 Å². The molecule has 0 radical (unpaired) electrons. The molecule has 1 aliphatic rings. The quantitative estimate of drug-likeness (QED) is 0.861. The number of anilines is 1. The summed E-state index contributed by atoms with van der Waals surface area (Å²) in [6.07, 6.45) is 7.19. The third-order valence-corrected chi connectivity index (χ3v) is 4.81. The van der Waals surface area contributed by atoms with E-state index in [1.165, 1.54) is 25.7 Å². The van der Waals surface area contributed by atoms with Crippen molar-refractivity contribution in [2.24, 2.45) is 0 Å². The Labute approximate surface area is 109 Å². The van der Waals surface area contributed by atoms with Gasteiger partial charge in [0.1, 0.15) is 5.03 Å². The number of hydrogen-bond acceptors (Lipinski definition) is 4. The number of aromatic nitrogens is 2. The minimum atomic E-state index is 0.728. The molecule has 0 aromatic carbocycles. The van der Waals surface area contributed by atoms with Crippen LogP contribution in [0.25, 0.3) is 0 Å². The fraction of sp³-hybridized carbons (Fsp3) is 0.636. The van der Waals surface area contributed by atoms with Crippen molar-refractivity contribution in [3.63, 3.8) is 0 Å². The summed E-state index contributed by atoms with van der Waals surface area (Å²) in [4.78, 5) is 8.74.